The SMILES string of the molecule is C[C@@]12Oc3ccccc3[C@](C)(O1)C(=O)c1ccccc12. The van der Waals surface area contributed by atoms with Gasteiger partial charge in [0.15, 0.2) is 11.4 Å². The van der Waals surface area contributed by atoms with Gasteiger partial charge in [0.05, 0.1) is 0 Å². The van der Waals surface area contributed by atoms with Gasteiger partial charge in [-0.05, 0) is 13.0 Å². The average molecular weight is 266 g/mol. The summed E-state index contributed by atoms with van der Waals surface area (Å²) in [7, 11) is 0. The van der Waals surface area contributed by atoms with E-state index in [1.807, 2.05) is 62.4 Å². The second-order valence-corrected chi connectivity index (χ2v) is 5.55. The normalized spacial score (nSPS) is 30.2. The largest absolute Gasteiger partial charge is 0.458 e. The first-order chi connectivity index (χ1) is 9.55. The smallest absolute Gasteiger partial charge is 0.236 e. The Morgan fingerprint density at radius 3 is 2.35 bits per heavy atom. The Hall–Kier alpha value is -2.13. The van der Waals surface area contributed by atoms with E-state index >= 15 is 0 Å². The van der Waals surface area contributed by atoms with E-state index in [9.17, 15) is 4.79 Å². The first-order valence-electron chi connectivity index (χ1n) is 6.68. The van der Waals surface area contributed by atoms with Gasteiger partial charge >= 0.3 is 0 Å². The van der Waals surface area contributed by atoms with Crippen molar-refractivity contribution in [2.45, 2.75) is 25.2 Å². The molecule has 0 saturated heterocycles. The Morgan fingerprint density at radius 1 is 0.900 bits per heavy atom. The van der Waals surface area contributed by atoms with E-state index in [4.69, 9.17) is 9.47 Å². The molecule has 2 aliphatic heterocycles. The third-order valence-electron chi connectivity index (χ3n) is 4.20. The average Bonchev–Trinajstić information content (AvgIpc) is 2.45. The van der Waals surface area contributed by atoms with Crippen molar-refractivity contribution in [1.29, 1.82) is 0 Å². The molecule has 0 aromatic heterocycles. The summed E-state index contributed by atoms with van der Waals surface area (Å²) in [6, 6.07) is 15.1. The Morgan fingerprint density at radius 2 is 1.55 bits per heavy atom. The van der Waals surface area contributed by atoms with Crippen LogP contribution in [0.3, 0.4) is 0 Å². The molecule has 2 aliphatic rings. The van der Waals surface area contributed by atoms with Gasteiger partial charge in [-0.1, -0.05) is 42.5 Å². The van der Waals surface area contributed by atoms with Gasteiger partial charge < -0.3 is 9.47 Å². The molecule has 0 saturated carbocycles. The maximum Gasteiger partial charge on any atom is 0.236 e. The van der Waals surface area contributed by atoms with Crippen LogP contribution < -0.4 is 4.74 Å². The van der Waals surface area contributed by atoms with Crippen LogP contribution in [0.25, 0.3) is 0 Å². The molecule has 3 heteroatoms. The van der Waals surface area contributed by atoms with Crippen LogP contribution in [0.4, 0.5) is 0 Å². The van der Waals surface area contributed by atoms with Crippen LogP contribution in [-0.4, -0.2) is 5.78 Å². The number of carbonyl (C=O) groups is 1. The highest BCUT2D eigenvalue weighted by atomic mass is 16.7. The van der Waals surface area contributed by atoms with Gasteiger partial charge in [0, 0.05) is 23.6 Å². The lowest BCUT2D eigenvalue weighted by Gasteiger charge is -2.49. The van der Waals surface area contributed by atoms with Crippen LogP contribution in [0.1, 0.15) is 35.3 Å². The van der Waals surface area contributed by atoms with Gasteiger partial charge in [0.25, 0.3) is 0 Å². The number of ether oxygens (including phenoxy) is 2. The maximum atomic E-state index is 12.9. The molecule has 100 valence electrons. The fraction of sp³-hybridized carbons (Fsp3) is 0.235. The van der Waals surface area contributed by atoms with E-state index in [1.165, 1.54) is 0 Å². The highest BCUT2D eigenvalue weighted by Crippen LogP contribution is 2.52. The van der Waals surface area contributed by atoms with Crippen molar-refractivity contribution < 1.29 is 14.3 Å². The van der Waals surface area contributed by atoms with Gasteiger partial charge in [0.2, 0.25) is 5.79 Å². The Labute approximate surface area is 117 Å². The van der Waals surface area contributed by atoms with E-state index in [1.54, 1.807) is 0 Å². The molecule has 0 N–H and O–H groups in total. The second kappa shape index (κ2) is 3.49. The number of benzene rings is 2. The predicted molar refractivity (Wildman–Crippen MR) is 73.6 cm³/mol. The van der Waals surface area contributed by atoms with Crippen LogP contribution in [0, 0.1) is 0 Å². The predicted octanol–water partition coefficient (Wildman–Crippen LogP) is 3.38. The number of rotatable bonds is 0. The Balaban J connectivity index is 2.06. The van der Waals surface area contributed by atoms with Crippen molar-refractivity contribution in [2.24, 2.45) is 0 Å². The monoisotopic (exact) mass is 266 g/mol. The summed E-state index contributed by atoms with van der Waals surface area (Å²) < 4.78 is 12.1. The fourth-order valence-electron chi connectivity index (χ4n) is 3.24. The van der Waals surface area contributed by atoms with E-state index < -0.39 is 11.4 Å². The van der Waals surface area contributed by atoms with Gasteiger partial charge in [0.1, 0.15) is 5.75 Å². The molecule has 2 atom stereocenters. The first-order valence-corrected chi connectivity index (χ1v) is 6.68. The summed E-state index contributed by atoms with van der Waals surface area (Å²) in [6.45, 7) is 3.69. The Bertz CT molecular complexity index is 737. The molecule has 4 rings (SSSR count). The number of Topliss-reactive ketones (excluding diaryl/α,β-unsaturated/α-hetero) is 1. The van der Waals surface area contributed by atoms with Crippen LogP contribution in [-0.2, 0) is 16.1 Å². The van der Waals surface area contributed by atoms with Gasteiger partial charge in [-0.15, -0.1) is 0 Å². The molecule has 2 aromatic rings. The molecule has 20 heavy (non-hydrogen) atoms. The number of fused-ring (bicyclic) bond motifs is 6. The standard InChI is InChI=1S/C17H14O3/c1-16-13-9-5-6-10-14(13)19-17(2,20-16)12-8-4-3-7-11(12)15(16)18/h3-10H,1-2H3/t16-,17+/m0/s1. The van der Waals surface area contributed by atoms with E-state index in [-0.39, 0.29) is 5.78 Å². The summed E-state index contributed by atoms with van der Waals surface area (Å²) in [6.07, 6.45) is 0. The molecule has 0 spiro atoms. The molecular formula is C17H14O3. The number of hydrogen-bond donors (Lipinski definition) is 0. The fourth-order valence-corrected chi connectivity index (χ4v) is 3.24. The van der Waals surface area contributed by atoms with Gasteiger partial charge in [-0.25, -0.2) is 0 Å². The van der Waals surface area contributed by atoms with Crippen LogP contribution in [0.15, 0.2) is 48.5 Å². The summed E-state index contributed by atoms with van der Waals surface area (Å²) >= 11 is 0. The molecule has 2 bridgehead atoms. The highest BCUT2D eigenvalue weighted by molar-refractivity contribution is 6.05. The summed E-state index contributed by atoms with van der Waals surface area (Å²) in [5.74, 6) is -0.221. The topological polar surface area (TPSA) is 35.5 Å². The second-order valence-electron chi connectivity index (χ2n) is 5.55. The summed E-state index contributed by atoms with van der Waals surface area (Å²) in [4.78, 5) is 12.9. The van der Waals surface area contributed by atoms with Gasteiger partial charge in [-0.3, -0.25) is 4.79 Å². The van der Waals surface area contributed by atoms with Crippen molar-refractivity contribution in [3.05, 3.63) is 65.2 Å². The third-order valence-corrected chi connectivity index (χ3v) is 4.20. The minimum atomic E-state index is -0.988. The van der Waals surface area contributed by atoms with Crippen LogP contribution >= 0.6 is 0 Å². The number of ketones is 1. The van der Waals surface area contributed by atoms with Crippen LogP contribution in [0.2, 0.25) is 0 Å². The van der Waals surface area contributed by atoms with E-state index in [2.05, 4.69) is 0 Å². The lowest BCUT2D eigenvalue weighted by Crippen LogP contribution is -2.54. The minimum Gasteiger partial charge on any atom is -0.458 e. The number of carbonyl (C=O) groups excluding carboxylic acids is 1. The third kappa shape index (κ3) is 1.26. The molecule has 2 heterocycles. The van der Waals surface area contributed by atoms with Crippen molar-refractivity contribution in [1.82, 2.24) is 0 Å². The van der Waals surface area contributed by atoms with Crippen molar-refractivity contribution in [2.75, 3.05) is 0 Å². The molecule has 3 nitrogen and oxygen atoms in total. The molecular weight excluding hydrogens is 252 g/mol. The highest BCUT2D eigenvalue weighted by Gasteiger charge is 2.56. The molecule has 2 aromatic carbocycles. The molecule has 0 aliphatic carbocycles. The number of para-hydroxylation sites is 1. The summed E-state index contributed by atoms with van der Waals surface area (Å²) in [5, 5.41) is 0. The number of hydrogen-bond acceptors (Lipinski definition) is 3. The zero-order chi connectivity index (χ0) is 14.0. The Kier molecular flexibility index (Phi) is 2.04. The molecule has 0 amide bonds. The quantitative estimate of drug-likeness (QED) is 0.733. The molecule has 0 radical (unpaired) electrons. The van der Waals surface area contributed by atoms with Crippen LogP contribution in [0.5, 0.6) is 5.75 Å². The van der Waals surface area contributed by atoms with Crippen molar-refractivity contribution >= 4 is 5.78 Å². The lowest BCUT2D eigenvalue weighted by atomic mass is 9.79. The van der Waals surface area contributed by atoms with E-state index in [0.29, 0.717) is 11.3 Å². The van der Waals surface area contributed by atoms with Gasteiger partial charge in [-0.2, -0.15) is 0 Å². The first kappa shape index (κ1) is 11.7. The summed E-state index contributed by atoms with van der Waals surface area (Å²) in [5.41, 5.74) is 1.27. The zero-order valence-electron chi connectivity index (χ0n) is 11.3. The lowest BCUT2D eigenvalue weighted by molar-refractivity contribution is -0.254. The van der Waals surface area contributed by atoms with Crippen molar-refractivity contribution in [3.8, 4) is 5.75 Å². The van der Waals surface area contributed by atoms with Crippen molar-refractivity contribution in [3.63, 3.8) is 0 Å². The molecule has 0 fully saturated rings. The zero-order valence-corrected chi connectivity index (χ0v) is 11.3. The van der Waals surface area contributed by atoms with E-state index in [0.717, 1.165) is 11.1 Å². The minimum absolute atomic E-state index is 0.0127. The molecule has 0 unspecified atom stereocenters. The maximum absolute atomic E-state index is 12.9.